The molecule has 230 valence electrons. The van der Waals surface area contributed by atoms with Crippen LogP contribution in [0.25, 0.3) is 0 Å². The summed E-state index contributed by atoms with van der Waals surface area (Å²) in [6.45, 7) is 2.05. The number of benzene rings is 3. The van der Waals surface area contributed by atoms with E-state index in [0.717, 1.165) is 16.7 Å². The van der Waals surface area contributed by atoms with Gasteiger partial charge < -0.3 is 21.3 Å². The molecule has 3 amide bonds. The molecule has 4 N–H and O–H groups in total. The Hall–Kier alpha value is -5.02. The number of hydrogen-bond acceptors (Lipinski definition) is 6. The number of fused-ring (bicyclic) bond motifs is 1. The zero-order valence-corrected chi connectivity index (χ0v) is 25.6. The van der Waals surface area contributed by atoms with E-state index >= 15 is 0 Å². The summed E-state index contributed by atoms with van der Waals surface area (Å²) in [4.78, 5) is 59.5. The van der Waals surface area contributed by atoms with E-state index in [2.05, 4.69) is 15.6 Å². The Morgan fingerprint density at radius 3 is 2.42 bits per heavy atom. The minimum atomic E-state index is -0.996. The highest BCUT2D eigenvalue weighted by molar-refractivity contribution is 6.31. The Balaban J connectivity index is 1.37. The summed E-state index contributed by atoms with van der Waals surface area (Å²) in [6, 6.07) is 23.1. The summed E-state index contributed by atoms with van der Waals surface area (Å²) in [6.07, 6.45) is 1.92. The van der Waals surface area contributed by atoms with Crippen molar-refractivity contribution in [1.29, 1.82) is 0 Å². The average Bonchev–Trinajstić information content (AvgIpc) is 3.04. The number of halogens is 1. The third kappa shape index (κ3) is 7.93. The highest BCUT2D eigenvalue weighted by atomic mass is 35.5. The second-order valence-electron chi connectivity index (χ2n) is 11.1. The fourth-order valence-corrected chi connectivity index (χ4v) is 5.56. The van der Waals surface area contributed by atoms with Crippen molar-refractivity contribution in [3.05, 3.63) is 124 Å². The summed E-state index contributed by atoms with van der Waals surface area (Å²) in [5, 5.41) is 6.35. The van der Waals surface area contributed by atoms with Crippen molar-refractivity contribution in [2.45, 2.75) is 51.2 Å². The fourth-order valence-electron chi connectivity index (χ4n) is 5.44. The molecular formula is C35H34ClN5O4. The largest absolute Gasteiger partial charge is 0.384 e. The van der Waals surface area contributed by atoms with Gasteiger partial charge in [-0.2, -0.15) is 0 Å². The van der Waals surface area contributed by atoms with E-state index in [9.17, 15) is 19.2 Å². The van der Waals surface area contributed by atoms with Crippen molar-refractivity contribution in [3.8, 4) is 0 Å². The maximum absolute atomic E-state index is 14.0. The number of rotatable bonds is 10. The molecular weight excluding hydrogens is 590 g/mol. The Labute approximate surface area is 266 Å². The van der Waals surface area contributed by atoms with Gasteiger partial charge in [0.15, 0.2) is 5.78 Å². The Kier molecular flexibility index (Phi) is 9.89. The van der Waals surface area contributed by atoms with E-state index in [1.54, 1.807) is 60.8 Å². The van der Waals surface area contributed by atoms with Crippen LogP contribution in [-0.2, 0) is 33.8 Å². The van der Waals surface area contributed by atoms with E-state index in [-0.39, 0.29) is 49.7 Å². The molecule has 1 aromatic heterocycles. The van der Waals surface area contributed by atoms with Gasteiger partial charge >= 0.3 is 0 Å². The number of carbonyl (C=O) groups excluding carboxylic acids is 4. The van der Waals surface area contributed by atoms with Gasteiger partial charge in [0.25, 0.3) is 0 Å². The smallest absolute Gasteiger partial charge is 0.247 e. The van der Waals surface area contributed by atoms with Crippen molar-refractivity contribution in [3.63, 3.8) is 0 Å². The standard InChI is InChI=1S/C35H34ClN5O4/c1-22-17-27(11-12-28(22)36)39-34(44)29(18-23-15-16-38-32(37)19-23)40-35(45)30-20-25-9-5-6-10-26(25)21-41(30)33(43)14-13-31(42)24-7-3-2-4-8-24/h2-12,15-17,19,29-30H,13-14,18,20-21H2,1H3,(H2,37,38)(H,39,44)(H,40,45)/t29-,30-/m0/s1. The number of amides is 3. The predicted octanol–water partition coefficient (Wildman–Crippen LogP) is 4.91. The van der Waals surface area contributed by atoms with Crippen molar-refractivity contribution < 1.29 is 19.2 Å². The predicted molar refractivity (Wildman–Crippen MR) is 174 cm³/mol. The molecule has 0 bridgehead atoms. The maximum atomic E-state index is 14.0. The average molecular weight is 624 g/mol. The second-order valence-corrected chi connectivity index (χ2v) is 11.5. The highest BCUT2D eigenvalue weighted by Gasteiger charge is 2.36. The summed E-state index contributed by atoms with van der Waals surface area (Å²) >= 11 is 6.16. The third-order valence-corrected chi connectivity index (χ3v) is 8.30. The lowest BCUT2D eigenvalue weighted by molar-refractivity contribution is -0.142. The molecule has 2 heterocycles. The van der Waals surface area contributed by atoms with Gasteiger partial charge in [0, 0.05) is 54.7 Å². The van der Waals surface area contributed by atoms with Gasteiger partial charge in [-0.1, -0.05) is 66.2 Å². The summed E-state index contributed by atoms with van der Waals surface area (Å²) in [5.41, 5.74) is 10.3. The number of Topliss-reactive ketones (excluding diaryl/α,β-unsaturated/α-hetero) is 1. The van der Waals surface area contributed by atoms with Crippen LogP contribution in [0, 0.1) is 6.92 Å². The van der Waals surface area contributed by atoms with Gasteiger partial charge in [-0.25, -0.2) is 4.98 Å². The van der Waals surface area contributed by atoms with Gasteiger partial charge in [-0.05, 0) is 59.5 Å². The van der Waals surface area contributed by atoms with Crippen LogP contribution in [-0.4, -0.2) is 45.5 Å². The second kappa shape index (κ2) is 14.2. The highest BCUT2D eigenvalue weighted by Crippen LogP contribution is 2.25. The van der Waals surface area contributed by atoms with Gasteiger partial charge in [0.1, 0.15) is 17.9 Å². The molecule has 0 aliphatic carbocycles. The van der Waals surface area contributed by atoms with Crippen LogP contribution in [0.2, 0.25) is 5.02 Å². The number of nitrogens with one attached hydrogen (secondary N) is 2. The number of aromatic nitrogens is 1. The molecule has 45 heavy (non-hydrogen) atoms. The van der Waals surface area contributed by atoms with Crippen molar-refractivity contribution >= 4 is 46.6 Å². The topological polar surface area (TPSA) is 134 Å². The minimum Gasteiger partial charge on any atom is -0.384 e. The fraction of sp³-hybridized carbons (Fsp3) is 0.229. The molecule has 2 atom stereocenters. The number of hydrogen-bond donors (Lipinski definition) is 3. The van der Waals surface area contributed by atoms with E-state index in [1.807, 2.05) is 37.3 Å². The zero-order chi connectivity index (χ0) is 31.9. The summed E-state index contributed by atoms with van der Waals surface area (Å²) < 4.78 is 0. The van der Waals surface area contributed by atoms with E-state index in [0.29, 0.717) is 21.8 Å². The van der Waals surface area contributed by atoms with Crippen LogP contribution in [0.4, 0.5) is 11.5 Å². The number of nitrogen functional groups attached to an aromatic ring is 1. The molecule has 9 nitrogen and oxygen atoms in total. The van der Waals surface area contributed by atoms with Crippen molar-refractivity contribution in [2.75, 3.05) is 11.1 Å². The molecule has 0 saturated heterocycles. The van der Waals surface area contributed by atoms with Crippen molar-refractivity contribution in [2.24, 2.45) is 0 Å². The number of nitrogens with zero attached hydrogens (tertiary/aromatic N) is 2. The normalized spacial score (nSPS) is 14.6. The van der Waals surface area contributed by atoms with Gasteiger partial charge in [-0.15, -0.1) is 0 Å². The third-order valence-electron chi connectivity index (χ3n) is 7.88. The van der Waals surface area contributed by atoms with Crippen LogP contribution in [0.5, 0.6) is 0 Å². The quantitative estimate of drug-likeness (QED) is 0.215. The Morgan fingerprint density at radius 1 is 0.956 bits per heavy atom. The minimum absolute atomic E-state index is 0.0182. The first kappa shape index (κ1) is 31.4. The number of nitrogens with two attached hydrogens (primary N) is 1. The van der Waals surface area contributed by atoms with E-state index in [4.69, 9.17) is 17.3 Å². The van der Waals surface area contributed by atoms with Crippen LogP contribution in [0.1, 0.15) is 45.5 Å². The molecule has 3 aromatic carbocycles. The first-order valence-electron chi connectivity index (χ1n) is 14.7. The van der Waals surface area contributed by atoms with Gasteiger partial charge in [-0.3, -0.25) is 19.2 Å². The van der Waals surface area contributed by atoms with E-state index in [1.165, 1.54) is 4.90 Å². The number of pyridine rings is 1. The maximum Gasteiger partial charge on any atom is 0.247 e. The SMILES string of the molecule is Cc1cc(NC(=O)[C@H](Cc2ccnc(N)c2)NC(=O)[C@@H]2Cc3ccccc3CN2C(=O)CCC(=O)c2ccccc2)ccc1Cl. The van der Waals surface area contributed by atoms with Gasteiger partial charge in [0.2, 0.25) is 17.7 Å². The number of carbonyl (C=O) groups is 4. The molecule has 4 aromatic rings. The van der Waals surface area contributed by atoms with Crippen molar-refractivity contribution in [1.82, 2.24) is 15.2 Å². The summed E-state index contributed by atoms with van der Waals surface area (Å²) in [7, 11) is 0. The molecule has 0 fully saturated rings. The molecule has 0 saturated carbocycles. The number of ketones is 1. The van der Waals surface area contributed by atoms with Crippen LogP contribution in [0.3, 0.4) is 0 Å². The monoisotopic (exact) mass is 623 g/mol. The first-order chi connectivity index (χ1) is 21.7. The molecule has 10 heteroatoms. The van der Waals surface area contributed by atoms with Gasteiger partial charge in [0.05, 0.1) is 0 Å². The molecule has 0 radical (unpaired) electrons. The Morgan fingerprint density at radius 2 is 1.69 bits per heavy atom. The lowest BCUT2D eigenvalue weighted by Crippen LogP contribution is -2.56. The summed E-state index contributed by atoms with van der Waals surface area (Å²) in [5.74, 6) is -1.08. The number of anilines is 2. The van der Waals surface area contributed by atoms with Crippen LogP contribution >= 0.6 is 11.6 Å². The lowest BCUT2D eigenvalue weighted by Gasteiger charge is -2.37. The lowest BCUT2D eigenvalue weighted by atomic mass is 9.92. The number of aryl methyl sites for hydroxylation is 1. The molecule has 1 aliphatic rings. The molecule has 0 unspecified atom stereocenters. The van der Waals surface area contributed by atoms with Crippen LogP contribution < -0.4 is 16.4 Å². The Bertz CT molecular complexity index is 1730. The molecule has 5 rings (SSSR count). The zero-order valence-electron chi connectivity index (χ0n) is 24.8. The first-order valence-corrected chi connectivity index (χ1v) is 15.1. The van der Waals surface area contributed by atoms with E-state index < -0.39 is 23.9 Å². The molecule has 0 spiro atoms. The molecule has 1 aliphatic heterocycles. The van der Waals surface area contributed by atoms with Crippen LogP contribution in [0.15, 0.2) is 91.1 Å².